The van der Waals surface area contributed by atoms with E-state index in [1.54, 1.807) is 0 Å². The van der Waals surface area contributed by atoms with Crippen molar-refractivity contribution < 1.29 is 13.2 Å². The number of benzene rings is 1. The Kier molecular flexibility index (Phi) is 3.53. The summed E-state index contributed by atoms with van der Waals surface area (Å²) < 4.78 is 37.6. The van der Waals surface area contributed by atoms with E-state index in [2.05, 4.69) is 0 Å². The molecule has 1 aromatic carbocycles. The van der Waals surface area contributed by atoms with E-state index in [0.717, 1.165) is 36.0 Å². The SMILES string of the molecule is NC(CC1CC2CCC1C2)c1ccc(C(F)(F)F)cc1. The molecule has 110 valence electrons. The van der Waals surface area contributed by atoms with E-state index in [1.165, 1.54) is 37.8 Å². The van der Waals surface area contributed by atoms with E-state index in [1.807, 2.05) is 0 Å². The molecular formula is C16H20F3N. The zero-order valence-corrected chi connectivity index (χ0v) is 11.4. The third kappa shape index (κ3) is 2.71. The van der Waals surface area contributed by atoms with Crippen LogP contribution in [0.5, 0.6) is 0 Å². The average molecular weight is 283 g/mol. The van der Waals surface area contributed by atoms with Crippen molar-refractivity contribution in [3.63, 3.8) is 0 Å². The van der Waals surface area contributed by atoms with E-state index in [0.29, 0.717) is 5.92 Å². The van der Waals surface area contributed by atoms with Gasteiger partial charge in [0, 0.05) is 6.04 Å². The van der Waals surface area contributed by atoms with Crippen LogP contribution in [-0.2, 0) is 6.18 Å². The minimum Gasteiger partial charge on any atom is -0.324 e. The number of rotatable bonds is 3. The zero-order chi connectivity index (χ0) is 14.3. The van der Waals surface area contributed by atoms with Crippen LogP contribution >= 0.6 is 0 Å². The first kappa shape index (κ1) is 13.9. The quantitative estimate of drug-likeness (QED) is 0.866. The third-order valence-electron chi connectivity index (χ3n) is 5.11. The van der Waals surface area contributed by atoms with Gasteiger partial charge in [0.2, 0.25) is 0 Å². The van der Waals surface area contributed by atoms with Crippen LogP contribution in [0.4, 0.5) is 13.2 Å². The molecule has 2 N–H and O–H groups in total. The van der Waals surface area contributed by atoms with E-state index >= 15 is 0 Å². The number of nitrogens with two attached hydrogens (primary N) is 1. The molecule has 4 unspecified atom stereocenters. The van der Waals surface area contributed by atoms with Crippen LogP contribution in [0.25, 0.3) is 0 Å². The van der Waals surface area contributed by atoms with E-state index in [9.17, 15) is 13.2 Å². The zero-order valence-electron chi connectivity index (χ0n) is 11.4. The Morgan fingerprint density at radius 1 is 1.10 bits per heavy atom. The van der Waals surface area contributed by atoms with Gasteiger partial charge in [-0.15, -0.1) is 0 Å². The Morgan fingerprint density at radius 2 is 1.80 bits per heavy atom. The Hall–Kier alpha value is -1.03. The normalized spacial score (nSPS) is 30.7. The summed E-state index contributed by atoms with van der Waals surface area (Å²) in [6.45, 7) is 0. The van der Waals surface area contributed by atoms with Crippen molar-refractivity contribution >= 4 is 0 Å². The molecule has 0 spiro atoms. The summed E-state index contributed by atoms with van der Waals surface area (Å²) in [4.78, 5) is 0. The van der Waals surface area contributed by atoms with Gasteiger partial charge in [0.1, 0.15) is 0 Å². The Morgan fingerprint density at radius 3 is 2.30 bits per heavy atom. The molecule has 2 bridgehead atoms. The Labute approximate surface area is 117 Å². The van der Waals surface area contributed by atoms with Crippen LogP contribution in [0.1, 0.15) is 49.3 Å². The second-order valence-corrected chi connectivity index (χ2v) is 6.40. The lowest BCUT2D eigenvalue weighted by Crippen LogP contribution is -2.19. The van der Waals surface area contributed by atoms with Gasteiger partial charge in [-0.25, -0.2) is 0 Å². The van der Waals surface area contributed by atoms with Crippen LogP contribution < -0.4 is 5.73 Å². The van der Waals surface area contributed by atoms with E-state index in [-0.39, 0.29) is 6.04 Å². The summed E-state index contributed by atoms with van der Waals surface area (Å²) in [5.41, 5.74) is 6.40. The monoisotopic (exact) mass is 283 g/mol. The van der Waals surface area contributed by atoms with Gasteiger partial charge < -0.3 is 5.73 Å². The molecule has 1 aromatic rings. The first-order valence-electron chi connectivity index (χ1n) is 7.36. The van der Waals surface area contributed by atoms with Crippen molar-refractivity contribution in [1.82, 2.24) is 0 Å². The maximum atomic E-state index is 12.5. The minimum atomic E-state index is -4.27. The van der Waals surface area contributed by atoms with E-state index in [4.69, 9.17) is 5.73 Å². The highest BCUT2D eigenvalue weighted by Gasteiger charge is 2.39. The summed E-state index contributed by atoms with van der Waals surface area (Å²) in [6.07, 6.45) is 1.91. The van der Waals surface area contributed by atoms with Crippen LogP contribution in [0.3, 0.4) is 0 Å². The van der Waals surface area contributed by atoms with Crippen molar-refractivity contribution in [3.8, 4) is 0 Å². The largest absolute Gasteiger partial charge is 0.416 e. The molecule has 2 aliphatic carbocycles. The van der Waals surface area contributed by atoms with Gasteiger partial charge >= 0.3 is 6.18 Å². The van der Waals surface area contributed by atoms with Crippen molar-refractivity contribution in [2.24, 2.45) is 23.5 Å². The number of hydrogen-bond acceptors (Lipinski definition) is 1. The molecule has 4 atom stereocenters. The second-order valence-electron chi connectivity index (χ2n) is 6.40. The van der Waals surface area contributed by atoms with Gasteiger partial charge in [0.05, 0.1) is 5.56 Å². The second kappa shape index (κ2) is 5.06. The van der Waals surface area contributed by atoms with Gasteiger partial charge in [-0.3, -0.25) is 0 Å². The molecule has 0 aromatic heterocycles. The molecule has 4 heteroatoms. The fourth-order valence-corrected chi connectivity index (χ4v) is 4.05. The standard InChI is InChI=1S/C16H20F3N/c17-16(18,19)14-5-3-11(4-6-14)15(20)9-13-8-10-1-2-12(13)7-10/h3-6,10,12-13,15H,1-2,7-9,20H2. The molecule has 0 saturated heterocycles. The molecule has 1 nitrogen and oxygen atoms in total. The summed E-state index contributed by atoms with van der Waals surface area (Å²) in [5.74, 6) is 2.36. The highest BCUT2D eigenvalue weighted by molar-refractivity contribution is 5.26. The average Bonchev–Trinajstić information content (AvgIpc) is 3.00. The van der Waals surface area contributed by atoms with Crippen molar-refractivity contribution in [3.05, 3.63) is 35.4 Å². The molecule has 2 aliphatic rings. The highest BCUT2D eigenvalue weighted by Crippen LogP contribution is 2.50. The molecule has 3 rings (SSSR count). The lowest BCUT2D eigenvalue weighted by atomic mass is 9.83. The summed E-state index contributed by atoms with van der Waals surface area (Å²) in [5, 5.41) is 0. The Balaban J connectivity index is 1.64. The fourth-order valence-electron chi connectivity index (χ4n) is 4.05. The predicted molar refractivity (Wildman–Crippen MR) is 71.9 cm³/mol. The summed E-state index contributed by atoms with van der Waals surface area (Å²) in [6, 6.07) is 5.19. The van der Waals surface area contributed by atoms with Crippen LogP contribution in [0.15, 0.2) is 24.3 Å². The minimum absolute atomic E-state index is 0.137. The number of hydrogen-bond donors (Lipinski definition) is 1. The lowest BCUT2D eigenvalue weighted by Gasteiger charge is -2.25. The molecule has 0 heterocycles. The Bertz CT molecular complexity index is 466. The van der Waals surface area contributed by atoms with Gasteiger partial charge in [0.25, 0.3) is 0 Å². The molecule has 20 heavy (non-hydrogen) atoms. The lowest BCUT2D eigenvalue weighted by molar-refractivity contribution is -0.137. The van der Waals surface area contributed by atoms with Crippen LogP contribution in [0.2, 0.25) is 0 Å². The topological polar surface area (TPSA) is 26.0 Å². The maximum Gasteiger partial charge on any atom is 0.416 e. The molecule has 2 saturated carbocycles. The fraction of sp³-hybridized carbons (Fsp3) is 0.625. The van der Waals surface area contributed by atoms with Crippen molar-refractivity contribution in [1.29, 1.82) is 0 Å². The summed E-state index contributed by atoms with van der Waals surface area (Å²) in [7, 11) is 0. The van der Waals surface area contributed by atoms with Gasteiger partial charge in [-0.1, -0.05) is 18.6 Å². The molecule has 0 radical (unpaired) electrons. The molecule has 0 amide bonds. The molecular weight excluding hydrogens is 263 g/mol. The molecule has 2 fully saturated rings. The van der Waals surface area contributed by atoms with Gasteiger partial charge in [0.15, 0.2) is 0 Å². The van der Waals surface area contributed by atoms with E-state index < -0.39 is 11.7 Å². The van der Waals surface area contributed by atoms with Crippen LogP contribution in [-0.4, -0.2) is 0 Å². The van der Waals surface area contributed by atoms with Gasteiger partial charge in [-0.2, -0.15) is 13.2 Å². The third-order valence-corrected chi connectivity index (χ3v) is 5.11. The van der Waals surface area contributed by atoms with Crippen LogP contribution in [0, 0.1) is 17.8 Å². The maximum absolute atomic E-state index is 12.5. The first-order valence-corrected chi connectivity index (χ1v) is 7.36. The predicted octanol–water partition coefficient (Wildman–Crippen LogP) is 4.53. The van der Waals surface area contributed by atoms with Crippen molar-refractivity contribution in [2.45, 2.75) is 44.3 Å². The molecule has 0 aliphatic heterocycles. The first-order chi connectivity index (χ1) is 9.43. The van der Waals surface area contributed by atoms with Crippen molar-refractivity contribution in [2.75, 3.05) is 0 Å². The number of halogens is 3. The number of alkyl halides is 3. The van der Waals surface area contributed by atoms with Gasteiger partial charge in [-0.05, 0) is 61.1 Å². The summed E-state index contributed by atoms with van der Waals surface area (Å²) >= 11 is 0. The smallest absolute Gasteiger partial charge is 0.324 e. The number of fused-ring (bicyclic) bond motifs is 2. The highest BCUT2D eigenvalue weighted by atomic mass is 19.4.